The number of benzene rings is 1. The van der Waals surface area contributed by atoms with Crippen molar-refractivity contribution in [2.45, 2.75) is 18.9 Å². The third kappa shape index (κ3) is 2.16. The van der Waals surface area contributed by atoms with Gasteiger partial charge >= 0.3 is 0 Å². The molecule has 2 atom stereocenters. The van der Waals surface area contributed by atoms with Gasteiger partial charge in [-0.3, -0.25) is 9.59 Å². The van der Waals surface area contributed by atoms with Crippen LogP contribution in [0.5, 0.6) is 5.75 Å². The summed E-state index contributed by atoms with van der Waals surface area (Å²) in [6.07, 6.45) is 0. The van der Waals surface area contributed by atoms with Gasteiger partial charge in [0.05, 0.1) is 13.2 Å². The number of carbonyl (C=O) groups is 2. The van der Waals surface area contributed by atoms with E-state index in [-0.39, 0.29) is 24.3 Å². The number of hydrogen-bond acceptors (Lipinski definition) is 3. The van der Waals surface area contributed by atoms with Crippen molar-refractivity contribution in [3.05, 3.63) is 29.8 Å². The fourth-order valence-corrected chi connectivity index (χ4v) is 2.67. The maximum atomic E-state index is 12.0. The van der Waals surface area contributed by atoms with Crippen molar-refractivity contribution in [3.8, 4) is 5.75 Å². The van der Waals surface area contributed by atoms with Crippen LogP contribution in [0.15, 0.2) is 24.3 Å². The van der Waals surface area contributed by atoms with E-state index in [2.05, 4.69) is 5.32 Å². The predicted molar refractivity (Wildman–Crippen MR) is 68.9 cm³/mol. The molecule has 0 bridgehead atoms. The molecule has 1 aromatic rings. The highest BCUT2D eigenvalue weighted by Gasteiger charge is 2.33. The third-order valence-corrected chi connectivity index (χ3v) is 3.63. The maximum absolute atomic E-state index is 12.0. The Kier molecular flexibility index (Phi) is 2.89. The van der Waals surface area contributed by atoms with Crippen LogP contribution in [0.2, 0.25) is 0 Å². The molecule has 0 spiro atoms. The van der Waals surface area contributed by atoms with Gasteiger partial charge in [0.25, 0.3) is 0 Å². The third-order valence-electron chi connectivity index (χ3n) is 3.63. The van der Waals surface area contributed by atoms with Gasteiger partial charge in [0.1, 0.15) is 11.8 Å². The monoisotopic (exact) mass is 260 g/mol. The van der Waals surface area contributed by atoms with E-state index in [1.807, 2.05) is 24.3 Å². The molecule has 0 radical (unpaired) electrons. The summed E-state index contributed by atoms with van der Waals surface area (Å²) in [7, 11) is 0. The van der Waals surface area contributed by atoms with Gasteiger partial charge in [-0.05, 0) is 13.0 Å². The summed E-state index contributed by atoms with van der Waals surface area (Å²) in [5.41, 5.74) is 1.12. The lowest BCUT2D eigenvalue weighted by Gasteiger charge is -2.32. The van der Waals surface area contributed by atoms with Crippen LogP contribution < -0.4 is 10.1 Å². The first-order valence-corrected chi connectivity index (χ1v) is 6.45. The molecule has 0 saturated carbocycles. The van der Waals surface area contributed by atoms with Crippen LogP contribution in [-0.4, -0.2) is 42.5 Å². The minimum Gasteiger partial charge on any atom is -0.493 e. The number of para-hydroxylation sites is 1. The molecule has 5 nitrogen and oxygen atoms in total. The van der Waals surface area contributed by atoms with Gasteiger partial charge in [-0.25, -0.2) is 0 Å². The van der Waals surface area contributed by atoms with E-state index >= 15 is 0 Å². The minimum atomic E-state index is -0.432. The number of amides is 2. The molecule has 2 unspecified atom stereocenters. The quantitative estimate of drug-likeness (QED) is 0.843. The van der Waals surface area contributed by atoms with Crippen LogP contribution in [-0.2, 0) is 9.59 Å². The van der Waals surface area contributed by atoms with Crippen LogP contribution in [0.25, 0.3) is 0 Å². The number of carbonyl (C=O) groups excluding carboxylic acids is 2. The van der Waals surface area contributed by atoms with Crippen LogP contribution in [0, 0.1) is 0 Å². The summed E-state index contributed by atoms with van der Waals surface area (Å²) in [4.78, 5) is 25.2. The first-order chi connectivity index (χ1) is 9.15. The smallest absolute Gasteiger partial charge is 0.245 e. The van der Waals surface area contributed by atoms with E-state index in [0.717, 1.165) is 11.3 Å². The Morgan fingerprint density at radius 2 is 2.16 bits per heavy atom. The average Bonchev–Trinajstić information content (AvgIpc) is 2.79. The van der Waals surface area contributed by atoms with Crippen molar-refractivity contribution in [2.75, 3.05) is 19.7 Å². The molecule has 1 saturated heterocycles. The highest BCUT2D eigenvalue weighted by molar-refractivity contribution is 5.94. The zero-order valence-corrected chi connectivity index (χ0v) is 10.8. The zero-order chi connectivity index (χ0) is 13.4. The minimum absolute atomic E-state index is 0.0241. The summed E-state index contributed by atoms with van der Waals surface area (Å²) in [6, 6.07) is 7.42. The summed E-state index contributed by atoms with van der Waals surface area (Å²) in [5, 5.41) is 2.64. The van der Waals surface area contributed by atoms with E-state index in [1.165, 1.54) is 0 Å². The fourth-order valence-electron chi connectivity index (χ4n) is 2.67. The zero-order valence-electron chi connectivity index (χ0n) is 10.8. The van der Waals surface area contributed by atoms with Crippen LogP contribution in [0.3, 0.4) is 0 Å². The van der Waals surface area contributed by atoms with Gasteiger partial charge in [0, 0.05) is 18.0 Å². The molecule has 1 aromatic carbocycles. The summed E-state index contributed by atoms with van der Waals surface area (Å²) in [5.74, 6) is 0.913. The van der Waals surface area contributed by atoms with Gasteiger partial charge in [0.15, 0.2) is 0 Å². The first kappa shape index (κ1) is 12.0. The summed E-state index contributed by atoms with van der Waals surface area (Å²) in [6.45, 7) is 2.96. The predicted octanol–water partition coefficient (Wildman–Crippen LogP) is 0.509. The Bertz CT molecular complexity index is 529. The first-order valence-electron chi connectivity index (χ1n) is 6.45. The number of nitrogens with one attached hydrogen (secondary N) is 1. The molecule has 2 heterocycles. The molecule has 0 aliphatic carbocycles. The topological polar surface area (TPSA) is 58.6 Å². The maximum Gasteiger partial charge on any atom is 0.245 e. The Labute approximate surface area is 111 Å². The van der Waals surface area contributed by atoms with Gasteiger partial charge in [-0.1, -0.05) is 18.2 Å². The second kappa shape index (κ2) is 4.57. The van der Waals surface area contributed by atoms with Gasteiger partial charge < -0.3 is 15.0 Å². The van der Waals surface area contributed by atoms with Crippen molar-refractivity contribution in [1.82, 2.24) is 10.2 Å². The van der Waals surface area contributed by atoms with Crippen LogP contribution in [0.1, 0.15) is 18.4 Å². The van der Waals surface area contributed by atoms with Crippen molar-refractivity contribution in [1.29, 1.82) is 0 Å². The molecule has 100 valence electrons. The molecule has 2 amide bonds. The lowest BCUT2D eigenvalue weighted by atomic mass is 10.00. The molecule has 3 rings (SSSR count). The number of rotatable bonds is 2. The number of fused-ring (bicyclic) bond motifs is 1. The lowest BCUT2D eigenvalue weighted by molar-refractivity contribution is -0.144. The fraction of sp³-hybridized carbons (Fsp3) is 0.429. The van der Waals surface area contributed by atoms with E-state index in [9.17, 15) is 9.59 Å². The van der Waals surface area contributed by atoms with E-state index in [1.54, 1.807) is 11.8 Å². The Hall–Kier alpha value is -2.04. The second-order valence-corrected chi connectivity index (χ2v) is 5.05. The Morgan fingerprint density at radius 3 is 3.00 bits per heavy atom. The van der Waals surface area contributed by atoms with Crippen molar-refractivity contribution in [2.24, 2.45) is 0 Å². The Balaban J connectivity index is 1.75. The molecule has 2 aliphatic rings. The summed E-state index contributed by atoms with van der Waals surface area (Å²) >= 11 is 0. The molecule has 2 aliphatic heterocycles. The van der Waals surface area contributed by atoms with Crippen molar-refractivity contribution >= 4 is 11.8 Å². The molecule has 19 heavy (non-hydrogen) atoms. The van der Waals surface area contributed by atoms with Gasteiger partial charge in [-0.2, -0.15) is 0 Å². The summed E-state index contributed by atoms with van der Waals surface area (Å²) < 4.78 is 5.60. The van der Waals surface area contributed by atoms with Crippen LogP contribution >= 0.6 is 0 Å². The highest BCUT2D eigenvalue weighted by Crippen LogP contribution is 2.34. The number of ether oxygens (including phenoxy) is 1. The lowest BCUT2D eigenvalue weighted by Crippen LogP contribution is -2.57. The molecule has 5 heteroatoms. The second-order valence-electron chi connectivity index (χ2n) is 5.05. The van der Waals surface area contributed by atoms with E-state index in [4.69, 9.17) is 4.74 Å². The average molecular weight is 260 g/mol. The number of nitrogens with zero attached hydrogens (tertiary/aromatic N) is 1. The normalized spacial score (nSPS) is 25.8. The van der Waals surface area contributed by atoms with E-state index in [0.29, 0.717) is 13.2 Å². The molecular weight excluding hydrogens is 244 g/mol. The molecular formula is C14H16N2O3. The molecule has 1 fully saturated rings. The van der Waals surface area contributed by atoms with Gasteiger partial charge in [-0.15, -0.1) is 0 Å². The SMILES string of the molecule is CC1NC(=O)CN(CC2COc3ccccc32)C1=O. The molecule has 0 aromatic heterocycles. The highest BCUT2D eigenvalue weighted by atomic mass is 16.5. The van der Waals surface area contributed by atoms with Gasteiger partial charge in [0.2, 0.25) is 11.8 Å². The van der Waals surface area contributed by atoms with Crippen molar-refractivity contribution in [3.63, 3.8) is 0 Å². The number of piperazine rings is 1. The largest absolute Gasteiger partial charge is 0.493 e. The van der Waals surface area contributed by atoms with E-state index < -0.39 is 6.04 Å². The Morgan fingerprint density at radius 1 is 1.37 bits per heavy atom. The standard InChI is InChI=1S/C14H16N2O3/c1-9-14(18)16(7-13(17)15-9)6-10-8-19-12-5-3-2-4-11(10)12/h2-5,9-10H,6-8H2,1H3,(H,15,17). The van der Waals surface area contributed by atoms with Crippen molar-refractivity contribution < 1.29 is 14.3 Å². The number of hydrogen-bond donors (Lipinski definition) is 1. The molecule has 1 N–H and O–H groups in total. The van der Waals surface area contributed by atoms with Crippen LogP contribution in [0.4, 0.5) is 0 Å².